The Morgan fingerprint density at radius 1 is 1.00 bits per heavy atom. The fraction of sp³-hybridized carbons (Fsp3) is 0.375. The number of fused-ring (bicyclic) bond motifs is 1. The number of sulfonamides is 1. The van der Waals surface area contributed by atoms with Crippen LogP contribution in [0.15, 0.2) is 47.4 Å². The Morgan fingerprint density at radius 2 is 1.71 bits per heavy atom. The van der Waals surface area contributed by atoms with E-state index in [9.17, 15) is 13.2 Å². The van der Waals surface area contributed by atoms with Crippen molar-refractivity contribution >= 4 is 40.1 Å². The normalized spacial score (nSPS) is 16.3. The van der Waals surface area contributed by atoms with E-state index in [0.717, 1.165) is 18.7 Å². The number of amides is 1. The van der Waals surface area contributed by atoms with Crippen LogP contribution in [0.25, 0.3) is 6.08 Å². The highest BCUT2D eigenvalue weighted by Gasteiger charge is 2.34. The second kappa shape index (κ2) is 10.7. The monoisotopic (exact) mass is 507 g/mol. The van der Waals surface area contributed by atoms with Gasteiger partial charge in [0.1, 0.15) is 4.90 Å². The summed E-state index contributed by atoms with van der Waals surface area (Å²) in [5.74, 6) is 0.331. The Hall–Kier alpha value is -2.75. The number of para-hydroxylation sites is 1. The topological polar surface area (TPSA) is 79.4 Å². The lowest BCUT2D eigenvalue weighted by Crippen LogP contribution is -2.46. The Kier molecular flexibility index (Phi) is 8.12. The largest absolute Gasteiger partial charge is 0.493 e. The second-order valence-electron chi connectivity index (χ2n) is 8.17. The fourth-order valence-electron chi connectivity index (χ4n) is 4.21. The number of anilines is 1. The van der Waals surface area contributed by atoms with Crippen LogP contribution in [0.5, 0.6) is 11.5 Å². The number of halogens is 1. The van der Waals surface area contributed by atoms with E-state index in [0.29, 0.717) is 37.3 Å². The Bertz CT molecular complexity index is 1180. The number of likely N-dealkylation sites (N-methyl/N-ethyl adjacent to an activating group) is 1. The Morgan fingerprint density at radius 3 is 2.38 bits per heavy atom. The second-order valence-corrected chi connectivity index (χ2v) is 10.0. The molecule has 2 aromatic carbocycles. The van der Waals surface area contributed by atoms with Crippen LogP contribution in [0.3, 0.4) is 0 Å². The first kappa shape index (κ1) is 25.9. The van der Waals surface area contributed by atoms with Crippen molar-refractivity contribution in [2.75, 3.05) is 58.3 Å². The van der Waals surface area contributed by atoms with Gasteiger partial charge in [-0.05, 0) is 48.9 Å². The van der Waals surface area contributed by atoms with Gasteiger partial charge in [-0.1, -0.05) is 18.2 Å². The summed E-state index contributed by atoms with van der Waals surface area (Å²) in [5, 5.41) is 0. The van der Waals surface area contributed by atoms with Crippen LogP contribution in [0.2, 0.25) is 0 Å². The zero-order chi connectivity index (χ0) is 23.6. The number of hydrogen-bond donors (Lipinski definition) is 0. The summed E-state index contributed by atoms with van der Waals surface area (Å²) in [6, 6.07) is 10.7. The van der Waals surface area contributed by atoms with Gasteiger partial charge in [-0.3, -0.25) is 9.10 Å². The number of benzene rings is 2. The van der Waals surface area contributed by atoms with Crippen molar-refractivity contribution < 1.29 is 22.7 Å². The van der Waals surface area contributed by atoms with Crippen molar-refractivity contribution in [3.8, 4) is 11.5 Å². The van der Waals surface area contributed by atoms with Crippen LogP contribution in [-0.2, 0) is 21.2 Å². The summed E-state index contributed by atoms with van der Waals surface area (Å²) in [5.41, 5.74) is 2.20. The van der Waals surface area contributed by atoms with Crippen LogP contribution in [0.1, 0.15) is 11.1 Å². The lowest BCUT2D eigenvalue weighted by atomic mass is 10.1. The van der Waals surface area contributed by atoms with Gasteiger partial charge in [-0.25, -0.2) is 8.42 Å². The summed E-state index contributed by atoms with van der Waals surface area (Å²) in [6.07, 6.45) is 3.75. The first-order valence-electron chi connectivity index (χ1n) is 10.9. The molecule has 0 saturated carbocycles. The van der Waals surface area contributed by atoms with Crippen molar-refractivity contribution in [1.82, 2.24) is 9.80 Å². The standard InChI is InChI=1S/C24H29N3O5S.ClH/c1-25-12-14-26(15-13-25)23(28)9-8-18-16-21(31-2)24(32-3)22(17-18)33(29,30)27-11-10-19-6-4-5-7-20(19)27;/h4-9,16-17H,10-15H2,1-3H3;1H/b9-8+;. The fourth-order valence-corrected chi connectivity index (χ4v) is 5.92. The quantitative estimate of drug-likeness (QED) is 0.559. The molecule has 4 rings (SSSR count). The van der Waals surface area contributed by atoms with Gasteiger partial charge in [0.2, 0.25) is 5.91 Å². The molecule has 2 aromatic rings. The molecule has 2 aliphatic heterocycles. The summed E-state index contributed by atoms with van der Waals surface area (Å²) in [6.45, 7) is 3.35. The molecule has 1 saturated heterocycles. The van der Waals surface area contributed by atoms with E-state index in [4.69, 9.17) is 9.47 Å². The minimum absolute atomic E-state index is 0. The average molecular weight is 508 g/mol. The van der Waals surface area contributed by atoms with Crippen molar-refractivity contribution in [2.45, 2.75) is 11.3 Å². The zero-order valence-electron chi connectivity index (χ0n) is 19.6. The molecule has 0 bridgehead atoms. The summed E-state index contributed by atoms with van der Waals surface area (Å²) in [4.78, 5) is 16.6. The highest BCUT2D eigenvalue weighted by Crippen LogP contribution is 2.40. The van der Waals surface area contributed by atoms with Gasteiger partial charge in [0.25, 0.3) is 10.0 Å². The summed E-state index contributed by atoms with van der Waals surface area (Å²) >= 11 is 0. The molecule has 0 atom stereocenters. The summed E-state index contributed by atoms with van der Waals surface area (Å²) in [7, 11) is 0.987. The van der Waals surface area contributed by atoms with Gasteiger partial charge in [-0.15, -0.1) is 12.4 Å². The van der Waals surface area contributed by atoms with Gasteiger partial charge in [0, 0.05) is 38.8 Å². The molecule has 1 fully saturated rings. The minimum Gasteiger partial charge on any atom is -0.493 e. The van der Waals surface area contributed by atoms with Gasteiger partial charge in [0.15, 0.2) is 11.5 Å². The zero-order valence-corrected chi connectivity index (χ0v) is 21.2. The Labute approximate surface area is 207 Å². The number of carbonyl (C=O) groups is 1. The molecule has 0 aromatic heterocycles. The number of carbonyl (C=O) groups excluding carboxylic acids is 1. The van der Waals surface area contributed by atoms with Crippen LogP contribution >= 0.6 is 12.4 Å². The molecule has 0 N–H and O–H groups in total. The highest BCUT2D eigenvalue weighted by molar-refractivity contribution is 7.93. The molecule has 8 nitrogen and oxygen atoms in total. The molecule has 2 heterocycles. The molecule has 10 heteroatoms. The molecule has 2 aliphatic rings. The lowest BCUT2D eigenvalue weighted by molar-refractivity contribution is -0.127. The van der Waals surface area contributed by atoms with E-state index in [-0.39, 0.29) is 34.7 Å². The van der Waals surface area contributed by atoms with E-state index in [1.165, 1.54) is 30.7 Å². The maximum Gasteiger partial charge on any atom is 0.268 e. The highest BCUT2D eigenvalue weighted by atomic mass is 35.5. The van der Waals surface area contributed by atoms with Crippen molar-refractivity contribution in [3.05, 3.63) is 53.6 Å². The first-order valence-corrected chi connectivity index (χ1v) is 12.3. The molecule has 34 heavy (non-hydrogen) atoms. The van der Waals surface area contributed by atoms with E-state index < -0.39 is 10.0 Å². The van der Waals surface area contributed by atoms with Gasteiger partial charge >= 0.3 is 0 Å². The van der Waals surface area contributed by atoms with Crippen LogP contribution < -0.4 is 13.8 Å². The maximum atomic E-state index is 13.7. The van der Waals surface area contributed by atoms with E-state index in [1.54, 1.807) is 17.0 Å². The van der Waals surface area contributed by atoms with Gasteiger partial charge < -0.3 is 19.3 Å². The number of hydrogen-bond acceptors (Lipinski definition) is 6. The molecular formula is C24H30ClN3O5S. The predicted molar refractivity (Wildman–Crippen MR) is 135 cm³/mol. The van der Waals surface area contributed by atoms with Crippen molar-refractivity contribution in [2.24, 2.45) is 0 Å². The molecular weight excluding hydrogens is 478 g/mol. The van der Waals surface area contributed by atoms with E-state index >= 15 is 0 Å². The van der Waals surface area contributed by atoms with E-state index in [2.05, 4.69) is 4.90 Å². The third kappa shape index (κ3) is 5.01. The van der Waals surface area contributed by atoms with Gasteiger partial charge in [0.05, 0.1) is 19.9 Å². The smallest absolute Gasteiger partial charge is 0.268 e. The Balaban J connectivity index is 0.00000324. The third-order valence-electron chi connectivity index (χ3n) is 6.11. The number of methoxy groups -OCH3 is 2. The maximum absolute atomic E-state index is 13.7. The lowest BCUT2D eigenvalue weighted by Gasteiger charge is -2.31. The molecule has 0 radical (unpaired) electrons. The van der Waals surface area contributed by atoms with Crippen LogP contribution in [-0.4, -0.2) is 78.1 Å². The van der Waals surface area contributed by atoms with E-state index in [1.807, 2.05) is 31.3 Å². The molecule has 0 aliphatic carbocycles. The van der Waals surface area contributed by atoms with Crippen LogP contribution in [0, 0.1) is 0 Å². The van der Waals surface area contributed by atoms with Crippen LogP contribution in [0.4, 0.5) is 5.69 Å². The number of ether oxygens (including phenoxy) is 2. The number of piperazine rings is 1. The molecule has 1 amide bonds. The van der Waals surface area contributed by atoms with Crippen molar-refractivity contribution in [3.63, 3.8) is 0 Å². The third-order valence-corrected chi connectivity index (χ3v) is 7.93. The predicted octanol–water partition coefficient (Wildman–Crippen LogP) is 2.66. The molecule has 0 spiro atoms. The first-order chi connectivity index (χ1) is 15.8. The van der Waals surface area contributed by atoms with Gasteiger partial charge in [-0.2, -0.15) is 0 Å². The SMILES string of the molecule is COc1cc(/C=C/C(=O)N2CCN(C)CC2)cc(S(=O)(=O)N2CCc3ccccc32)c1OC.Cl. The molecule has 184 valence electrons. The average Bonchev–Trinajstić information content (AvgIpc) is 3.27. The van der Waals surface area contributed by atoms with Crippen molar-refractivity contribution in [1.29, 1.82) is 0 Å². The number of nitrogens with zero attached hydrogens (tertiary/aromatic N) is 3. The number of rotatable bonds is 6. The summed E-state index contributed by atoms with van der Waals surface area (Å²) < 4.78 is 39.7. The minimum atomic E-state index is -3.92. The molecule has 0 unspecified atom stereocenters.